The van der Waals surface area contributed by atoms with Crippen LogP contribution < -0.4 is 10.6 Å². The number of ketones is 1. The summed E-state index contributed by atoms with van der Waals surface area (Å²) < 4.78 is 1.83. The van der Waals surface area contributed by atoms with E-state index in [0.29, 0.717) is 24.3 Å². The van der Waals surface area contributed by atoms with Gasteiger partial charge in [-0.05, 0) is 45.0 Å². The van der Waals surface area contributed by atoms with Gasteiger partial charge in [-0.3, -0.25) is 19.3 Å². The second kappa shape index (κ2) is 9.38. The Kier molecular flexibility index (Phi) is 6.37. The van der Waals surface area contributed by atoms with Crippen LogP contribution in [0.25, 0.3) is 5.69 Å². The Bertz CT molecular complexity index is 1200. The number of hydrogen-bond acceptors (Lipinski definition) is 5. The molecule has 3 aromatic rings. The number of aryl methyl sites for hydroxylation is 1. The summed E-state index contributed by atoms with van der Waals surface area (Å²) in [5, 5.41) is 10.4. The van der Waals surface area contributed by atoms with Crippen LogP contribution in [-0.2, 0) is 9.59 Å². The van der Waals surface area contributed by atoms with Crippen LogP contribution >= 0.6 is 0 Å². The quantitative estimate of drug-likeness (QED) is 0.569. The number of nitrogens with one attached hydrogen (secondary N) is 2. The SMILES string of the molecule is CC(=O)c1ccccc1NC(=O)CN1CCNC(=O)C1c1c(C)nn(-c2ccccc2)c1C. The molecule has 4 rings (SSSR count). The molecular weight excluding hydrogens is 418 g/mol. The average molecular weight is 446 g/mol. The smallest absolute Gasteiger partial charge is 0.242 e. The van der Waals surface area contributed by atoms with E-state index >= 15 is 0 Å². The maximum absolute atomic E-state index is 13.0. The van der Waals surface area contributed by atoms with Crippen molar-refractivity contribution < 1.29 is 14.4 Å². The molecule has 1 atom stereocenters. The second-order valence-corrected chi connectivity index (χ2v) is 8.15. The van der Waals surface area contributed by atoms with Crippen molar-refractivity contribution >= 4 is 23.3 Å². The van der Waals surface area contributed by atoms with Crippen LogP contribution in [0.2, 0.25) is 0 Å². The van der Waals surface area contributed by atoms with E-state index in [1.807, 2.05) is 53.8 Å². The highest BCUT2D eigenvalue weighted by Crippen LogP contribution is 2.30. The molecule has 8 nitrogen and oxygen atoms in total. The molecule has 1 aliphatic rings. The molecule has 2 N–H and O–H groups in total. The Hall–Kier alpha value is -3.78. The molecule has 2 heterocycles. The number of amides is 2. The third-order valence-corrected chi connectivity index (χ3v) is 5.86. The van der Waals surface area contributed by atoms with Crippen LogP contribution in [0.5, 0.6) is 0 Å². The topological polar surface area (TPSA) is 96.3 Å². The van der Waals surface area contributed by atoms with Crippen LogP contribution in [0.4, 0.5) is 5.69 Å². The van der Waals surface area contributed by atoms with Crippen LogP contribution in [0.3, 0.4) is 0 Å². The van der Waals surface area contributed by atoms with Crippen molar-refractivity contribution in [2.45, 2.75) is 26.8 Å². The summed E-state index contributed by atoms with van der Waals surface area (Å²) in [6.07, 6.45) is 0. The molecule has 1 aliphatic heterocycles. The van der Waals surface area contributed by atoms with Crippen LogP contribution in [0.1, 0.15) is 40.3 Å². The fourth-order valence-electron chi connectivity index (χ4n) is 4.34. The highest BCUT2D eigenvalue weighted by molar-refractivity contribution is 6.04. The fraction of sp³-hybridized carbons (Fsp3) is 0.280. The monoisotopic (exact) mass is 445 g/mol. The summed E-state index contributed by atoms with van der Waals surface area (Å²) >= 11 is 0. The first kappa shape index (κ1) is 22.4. The molecule has 1 aromatic heterocycles. The van der Waals surface area contributed by atoms with E-state index in [0.717, 1.165) is 22.6 Å². The highest BCUT2D eigenvalue weighted by atomic mass is 16.2. The van der Waals surface area contributed by atoms with Crippen molar-refractivity contribution in [3.8, 4) is 5.69 Å². The summed E-state index contributed by atoms with van der Waals surface area (Å²) in [7, 11) is 0. The van der Waals surface area contributed by atoms with Gasteiger partial charge < -0.3 is 10.6 Å². The number of piperazine rings is 1. The van der Waals surface area contributed by atoms with Crippen molar-refractivity contribution in [1.82, 2.24) is 20.0 Å². The Labute approximate surface area is 192 Å². The van der Waals surface area contributed by atoms with Gasteiger partial charge in [-0.2, -0.15) is 5.10 Å². The Morgan fingerprint density at radius 3 is 2.52 bits per heavy atom. The first-order chi connectivity index (χ1) is 15.9. The third kappa shape index (κ3) is 4.56. The molecule has 1 unspecified atom stereocenters. The molecule has 0 bridgehead atoms. The third-order valence-electron chi connectivity index (χ3n) is 5.86. The van der Waals surface area contributed by atoms with Gasteiger partial charge in [-0.1, -0.05) is 30.3 Å². The highest BCUT2D eigenvalue weighted by Gasteiger charge is 2.36. The van der Waals surface area contributed by atoms with Gasteiger partial charge in [0.15, 0.2) is 5.78 Å². The zero-order chi connectivity index (χ0) is 23.5. The number of Topliss-reactive ketones (excluding diaryl/α,β-unsaturated/α-hetero) is 1. The molecule has 2 amide bonds. The van der Waals surface area contributed by atoms with E-state index in [4.69, 9.17) is 0 Å². The Morgan fingerprint density at radius 2 is 1.79 bits per heavy atom. The fourth-order valence-corrected chi connectivity index (χ4v) is 4.34. The molecule has 1 fully saturated rings. The minimum absolute atomic E-state index is 0.0136. The predicted molar refractivity (Wildman–Crippen MR) is 125 cm³/mol. The van der Waals surface area contributed by atoms with E-state index in [1.54, 1.807) is 24.3 Å². The van der Waals surface area contributed by atoms with Gasteiger partial charge in [0.05, 0.1) is 23.6 Å². The molecule has 170 valence electrons. The maximum Gasteiger partial charge on any atom is 0.242 e. The molecule has 33 heavy (non-hydrogen) atoms. The van der Waals surface area contributed by atoms with Crippen LogP contribution in [0.15, 0.2) is 54.6 Å². The Morgan fingerprint density at radius 1 is 1.09 bits per heavy atom. The molecular formula is C25H27N5O3. The predicted octanol–water partition coefficient (Wildman–Crippen LogP) is 2.80. The zero-order valence-electron chi connectivity index (χ0n) is 19.0. The van der Waals surface area contributed by atoms with Crippen molar-refractivity contribution in [3.63, 3.8) is 0 Å². The van der Waals surface area contributed by atoms with E-state index in [2.05, 4.69) is 15.7 Å². The van der Waals surface area contributed by atoms with Crippen LogP contribution in [0, 0.1) is 13.8 Å². The molecule has 2 aromatic carbocycles. The van der Waals surface area contributed by atoms with Gasteiger partial charge >= 0.3 is 0 Å². The molecule has 0 radical (unpaired) electrons. The largest absolute Gasteiger partial charge is 0.353 e. The number of hydrogen-bond donors (Lipinski definition) is 2. The van der Waals surface area contributed by atoms with E-state index in [-0.39, 0.29) is 24.1 Å². The average Bonchev–Trinajstić information content (AvgIpc) is 3.08. The maximum atomic E-state index is 13.0. The number of nitrogens with zero attached hydrogens (tertiary/aromatic N) is 3. The first-order valence-electron chi connectivity index (χ1n) is 10.9. The normalized spacial score (nSPS) is 16.3. The van der Waals surface area contributed by atoms with Gasteiger partial charge in [-0.25, -0.2) is 4.68 Å². The summed E-state index contributed by atoms with van der Waals surface area (Å²) in [4.78, 5) is 39.6. The summed E-state index contributed by atoms with van der Waals surface area (Å²) in [6.45, 7) is 6.27. The number of anilines is 1. The minimum Gasteiger partial charge on any atom is -0.353 e. The van der Waals surface area contributed by atoms with Crippen molar-refractivity contribution in [2.24, 2.45) is 0 Å². The first-order valence-corrected chi connectivity index (χ1v) is 10.9. The number of benzene rings is 2. The number of carbonyl (C=O) groups excluding carboxylic acids is 3. The van der Waals surface area contributed by atoms with Gasteiger partial charge in [-0.15, -0.1) is 0 Å². The molecule has 8 heteroatoms. The van der Waals surface area contributed by atoms with Gasteiger partial charge in [0.2, 0.25) is 11.8 Å². The lowest BCUT2D eigenvalue weighted by atomic mass is 10.00. The van der Waals surface area contributed by atoms with Gasteiger partial charge in [0, 0.05) is 29.9 Å². The number of carbonyl (C=O) groups is 3. The van der Waals surface area contributed by atoms with Crippen molar-refractivity contribution in [1.29, 1.82) is 0 Å². The lowest BCUT2D eigenvalue weighted by Crippen LogP contribution is -2.52. The summed E-state index contributed by atoms with van der Waals surface area (Å²) in [5.41, 5.74) is 4.23. The number of para-hydroxylation sites is 2. The summed E-state index contributed by atoms with van der Waals surface area (Å²) in [5.74, 6) is -0.563. The van der Waals surface area contributed by atoms with Crippen molar-refractivity contribution in [3.05, 3.63) is 77.1 Å². The van der Waals surface area contributed by atoms with E-state index in [1.165, 1.54) is 6.92 Å². The molecule has 0 saturated carbocycles. The lowest BCUT2D eigenvalue weighted by Gasteiger charge is -2.34. The van der Waals surface area contributed by atoms with Crippen molar-refractivity contribution in [2.75, 3.05) is 25.0 Å². The lowest BCUT2D eigenvalue weighted by molar-refractivity contribution is -0.130. The molecule has 0 spiro atoms. The molecule has 1 saturated heterocycles. The second-order valence-electron chi connectivity index (χ2n) is 8.15. The van der Waals surface area contributed by atoms with E-state index in [9.17, 15) is 14.4 Å². The zero-order valence-corrected chi connectivity index (χ0v) is 19.0. The van der Waals surface area contributed by atoms with Gasteiger partial charge in [0.1, 0.15) is 6.04 Å². The minimum atomic E-state index is -0.634. The standard InChI is InChI=1S/C25H27N5O3/c1-16-23(17(2)30(28-16)19-9-5-4-6-10-19)24-25(33)26-13-14-29(24)15-22(32)27-21-12-8-7-11-20(21)18(3)31/h4-12,24H,13-15H2,1-3H3,(H,26,33)(H,27,32). The Balaban J connectivity index is 1.61. The summed E-state index contributed by atoms with van der Waals surface area (Å²) in [6, 6.07) is 16.0. The van der Waals surface area contributed by atoms with Gasteiger partial charge in [0.25, 0.3) is 0 Å². The van der Waals surface area contributed by atoms with Crippen LogP contribution in [-0.4, -0.2) is 51.9 Å². The number of aromatic nitrogens is 2. The molecule has 0 aliphatic carbocycles. The van der Waals surface area contributed by atoms with E-state index < -0.39 is 6.04 Å². The number of rotatable bonds is 6.